The average molecular weight is 387 g/mol. The van der Waals surface area contributed by atoms with Crippen LogP contribution in [0.2, 0.25) is 0 Å². The van der Waals surface area contributed by atoms with Crippen LogP contribution >= 0.6 is 0 Å². The molecule has 144 valence electrons. The van der Waals surface area contributed by atoms with Gasteiger partial charge in [-0.3, -0.25) is 0 Å². The lowest BCUT2D eigenvalue weighted by Crippen LogP contribution is -2.05. The number of esters is 1. The molecule has 0 saturated heterocycles. The minimum Gasteiger partial charge on any atom is -0.497 e. The van der Waals surface area contributed by atoms with Gasteiger partial charge in [0.1, 0.15) is 17.9 Å². The van der Waals surface area contributed by atoms with E-state index in [2.05, 4.69) is 4.98 Å². The fourth-order valence-corrected chi connectivity index (χ4v) is 2.98. The predicted molar refractivity (Wildman–Crippen MR) is 110 cm³/mol. The highest BCUT2D eigenvalue weighted by atomic mass is 16.5. The highest BCUT2D eigenvalue weighted by Gasteiger charge is 2.09. The molecule has 4 aromatic rings. The van der Waals surface area contributed by atoms with Gasteiger partial charge in [-0.15, -0.1) is 0 Å². The number of carbonyl (C=O) groups is 1. The van der Waals surface area contributed by atoms with Crippen LogP contribution in [-0.2, 0) is 16.1 Å². The Bertz CT molecular complexity index is 1290. The van der Waals surface area contributed by atoms with Crippen molar-refractivity contribution in [2.45, 2.75) is 6.61 Å². The van der Waals surface area contributed by atoms with Crippen LogP contribution in [0.15, 0.2) is 76.0 Å². The van der Waals surface area contributed by atoms with Gasteiger partial charge in [-0.25, -0.2) is 14.6 Å². The number of fused-ring (bicyclic) bond motifs is 2. The van der Waals surface area contributed by atoms with E-state index in [1.165, 1.54) is 19.3 Å². The van der Waals surface area contributed by atoms with Gasteiger partial charge in [-0.05, 0) is 30.3 Å². The van der Waals surface area contributed by atoms with Crippen LogP contribution in [0, 0.1) is 0 Å². The highest BCUT2D eigenvalue weighted by Crippen LogP contribution is 2.23. The summed E-state index contributed by atoms with van der Waals surface area (Å²) in [5, 5.41) is 1.71. The second kappa shape index (κ2) is 7.98. The maximum atomic E-state index is 12.1. The van der Waals surface area contributed by atoms with Gasteiger partial charge in [-0.1, -0.05) is 24.3 Å². The Morgan fingerprint density at radius 2 is 1.97 bits per heavy atom. The van der Waals surface area contributed by atoms with Gasteiger partial charge in [-0.2, -0.15) is 0 Å². The average Bonchev–Trinajstić information content (AvgIpc) is 2.75. The Morgan fingerprint density at radius 3 is 2.83 bits per heavy atom. The van der Waals surface area contributed by atoms with Gasteiger partial charge < -0.3 is 13.9 Å². The minimum atomic E-state index is -0.533. The van der Waals surface area contributed by atoms with Crippen molar-refractivity contribution >= 4 is 33.9 Å². The van der Waals surface area contributed by atoms with Crippen molar-refractivity contribution < 1.29 is 18.7 Å². The first-order valence-corrected chi connectivity index (χ1v) is 8.94. The van der Waals surface area contributed by atoms with Crippen molar-refractivity contribution in [1.29, 1.82) is 0 Å². The Labute approximate surface area is 166 Å². The highest BCUT2D eigenvalue weighted by molar-refractivity contribution is 5.88. The molecule has 0 atom stereocenters. The van der Waals surface area contributed by atoms with Gasteiger partial charge >= 0.3 is 11.6 Å². The van der Waals surface area contributed by atoms with E-state index in [1.807, 2.05) is 36.4 Å². The van der Waals surface area contributed by atoms with E-state index in [0.717, 1.165) is 10.9 Å². The number of pyridine rings is 1. The zero-order chi connectivity index (χ0) is 20.2. The van der Waals surface area contributed by atoms with Crippen LogP contribution in [0.4, 0.5) is 0 Å². The largest absolute Gasteiger partial charge is 0.497 e. The standard InChI is InChI=1S/C23H17NO5/c1-27-18-9-10-19-16(12-23(26)29-21(19)13-18)14-28-22(25)11-8-17-7-6-15-4-2-3-5-20(15)24-17/h2-13H,14H2,1H3/b11-8+. The summed E-state index contributed by atoms with van der Waals surface area (Å²) >= 11 is 0. The normalized spacial score (nSPS) is 11.2. The van der Waals surface area contributed by atoms with Crippen LogP contribution in [0.1, 0.15) is 11.3 Å². The van der Waals surface area contributed by atoms with E-state index >= 15 is 0 Å². The van der Waals surface area contributed by atoms with E-state index in [4.69, 9.17) is 13.9 Å². The Hall–Kier alpha value is -3.93. The Morgan fingerprint density at radius 1 is 1.10 bits per heavy atom. The molecule has 2 aromatic carbocycles. The predicted octanol–water partition coefficient (Wildman–Crippen LogP) is 4.11. The first kappa shape index (κ1) is 18.4. The molecule has 6 heteroatoms. The molecule has 2 heterocycles. The van der Waals surface area contributed by atoms with Crippen molar-refractivity contribution in [2.24, 2.45) is 0 Å². The van der Waals surface area contributed by atoms with E-state index in [1.54, 1.807) is 24.3 Å². The van der Waals surface area contributed by atoms with Gasteiger partial charge in [0.2, 0.25) is 0 Å². The fourth-order valence-electron chi connectivity index (χ4n) is 2.98. The SMILES string of the molecule is COc1ccc2c(COC(=O)/C=C/c3ccc4ccccc4n3)cc(=O)oc2c1. The molecule has 0 spiro atoms. The van der Waals surface area contributed by atoms with Gasteiger partial charge in [0.05, 0.1) is 18.3 Å². The number of hydrogen-bond acceptors (Lipinski definition) is 6. The lowest BCUT2D eigenvalue weighted by molar-refractivity contribution is -0.138. The molecule has 29 heavy (non-hydrogen) atoms. The number of aromatic nitrogens is 1. The number of benzene rings is 2. The Balaban J connectivity index is 1.49. The molecule has 0 unspecified atom stereocenters. The first-order chi connectivity index (χ1) is 14.1. The summed E-state index contributed by atoms with van der Waals surface area (Å²) in [5.74, 6) is 0.0375. The van der Waals surface area contributed by atoms with Crippen LogP contribution in [0.5, 0.6) is 5.75 Å². The van der Waals surface area contributed by atoms with Crippen LogP contribution < -0.4 is 10.4 Å². The van der Waals surface area contributed by atoms with Crippen LogP contribution in [0.25, 0.3) is 27.9 Å². The number of hydrogen-bond donors (Lipinski definition) is 0. The maximum Gasteiger partial charge on any atom is 0.336 e. The molecule has 4 rings (SSSR count). The molecule has 0 bridgehead atoms. The minimum absolute atomic E-state index is 0.0528. The van der Waals surface area contributed by atoms with Gasteiger partial charge in [0.25, 0.3) is 0 Å². The van der Waals surface area contributed by atoms with Gasteiger partial charge in [0.15, 0.2) is 0 Å². The van der Waals surface area contributed by atoms with Crippen molar-refractivity contribution in [2.75, 3.05) is 7.11 Å². The summed E-state index contributed by atoms with van der Waals surface area (Å²) in [6.45, 7) is -0.0528. The summed E-state index contributed by atoms with van der Waals surface area (Å²) in [5.41, 5.74) is 1.91. The zero-order valence-corrected chi connectivity index (χ0v) is 15.6. The molecule has 0 fully saturated rings. The molecular formula is C23H17NO5. The molecule has 0 saturated carbocycles. The summed E-state index contributed by atoms with van der Waals surface area (Å²) < 4.78 is 15.6. The molecule has 0 N–H and O–H groups in total. The van der Waals surface area contributed by atoms with Crippen molar-refractivity contribution in [3.8, 4) is 5.75 Å². The molecular weight excluding hydrogens is 370 g/mol. The van der Waals surface area contributed by atoms with E-state index in [-0.39, 0.29) is 6.61 Å². The lowest BCUT2D eigenvalue weighted by Gasteiger charge is -2.07. The number of methoxy groups -OCH3 is 1. The third-order valence-electron chi connectivity index (χ3n) is 4.42. The molecule has 2 aromatic heterocycles. The quantitative estimate of drug-likeness (QED) is 0.291. The molecule has 0 amide bonds. The Kier molecular flexibility index (Phi) is 5.07. The second-order valence-electron chi connectivity index (χ2n) is 6.32. The van der Waals surface area contributed by atoms with E-state index < -0.39 is 11.6 Å². The van der Waals surface area contributed by atoms with E-state index in [0.29, 0.717) is 28.0 Å². The number of nitrogens with zero attached hydrogens (tertiary/aromatic N) is 1. The van der Waals surface area contributed by atoms with Crippen LogP contribution in [-0.4, -0.2) is 18.1 Å². The third kappa shape index (κ3) is 4.16. The summed E-state index contributed by atoms with van der Waals surface area (Å²) in [6.07, 6.45) is 2.91. The van der Waals surface area contributed by atoms with Crippen molar-refractivity contribution in [1.82, 2.24) is 4.98 Å². The fraction of sp³-hybridized carbons (Fsp3) is 0.0870. The molecule has 0 aliphatic heterocycles. The number of carbonyl (C=O) groups excluding carboxylic acids is 1. The van der Waals surface area contributed by atoms with Crippen molar-refractivity contribution in [3.63, 3.8) is 0 Å². The summed E-state index contributed by atoms with van der Waals surface area (Å²) in [4.78, 5) is 28.4. The number of ether oxygens (including phenoxy) is 2. The lowest BCUT2D eigenvalue weighted by atomic mass is 10.1. The second-order valence-corrected chi connectivity index (χ2v) is 6.32. The maximum absolute atomic E-state index is 12.1. The smallest absolute Gasteiger partial charge is 0.336 e. The number of rotatable bonds is 5. The van der Waals surface area contributed by atoms with E-state index in [9.17, 15) is 9.59 Å². The summed E-state index contributed by atoms with van der Waals surface area (Å²) in [7, 11) is 1.53. The number of para-hydroxylation sites is 1. The summed E-state index contributed by atoms with van der Waals surface area (Å²) in [6, 6.07) is 17.9. The monoisotopic (exact) mass is 387 g/mol. The van der Waals surface area contributed by atoms with Crippen molar-refractivity contribution in [3.05, 3.63) is 88.4 Å². The molecule has 0 aliphatic carbocycles. The van der Waals surface area contributed by atoms with Gasteiger partial charge in [0, 0.05) is 34.5 Å². The first-order valence-electron chi connectivity index (χ1n) is 8.94. The molecule has 0 aliphatic rings. The topological polar surface area (TPSA) is 78.6 Å². The molecule has 6 nitrogen and oxygen atoms in total. The zero-order valence-electron chi connectivity index (χ0n) is 15.6. The van der Waals surface area contributed by atoms with Crippen LogP contribution in [0.3, 0.4) is 0 Å². The molecule has 0 radical (unpaired) electrons. The third-order valence-corrected chi connectivity index (χ3v) is 4.42.